The van der Waals surface area contributed by atoms with E-state index in [1.165, 1.54) is 0 Å². The van der Waals surface area contributed by atoms with Crippen LogP contribution >= 0.6 is 23.2 Å². The summed E-state index contributed by atoms with van der Waals surface area (Å²) < 4.78 is 11.3. The smallest absolute Gasteiger partial charge is 0.228 e. The molecule has 1 amide bonds. The van der Waals surface area contributed by atoms with Crippen molar-refractivity contribution in [3.63, 3.8) is 0 Å². The first-order chi connectivity index (χ1) is 14.6. The van der Waals surface area contributed by atoms with Gasteiger partial charge in [-0.2, -0.15) is 0 Å². The molecule has 0 spiro atoms. The molecule has 0 bridgehead atoms. The van der Waals surface area contributed by atoms with E-state index in [0.717, 1.165) is 17.5 Å². The van der Waals surface area contributed by atoms with Crippen molar-refractivity contribution in [1.82, 2.24) is 4.98 Å². The lowest BCUT2D eigenvalue weighted by atomic mass is 10.1. The molecule has 0 saturated heterocycles. The number of rotatable bonds is 7. The van der Waals surface area contributed by atoms with Crippen molar-refractivity contribution in [2.24, 2.45) is 5.92 Å². The van der Waals surface area contributed by atoms with E-state index in [1.807, 2.05) is 24.3 Å². The molecule has 3 aromatic rings. The van der Waals surface area contributed by atoms with Crippen molar-refractivity contribution >= 4 is 34.8 Å². The molecule has 2 unspecified atom stereocenters. The Balaban J connectivity index is 1.43. The van der Waals surface area contributed by atoms with Gasteiger partial charge in [-0.25, -0.2) is 0 Å². The van der Waals surface area contributed by atoms with Crippen molar-refractivity contribution in [3.8, 4) is 11.5 Å². The van der Waals surface area contributed by atoms with Gasteiger partial charge in [0, 0.05) is 35.6 Å². The highest BCUT2D eigenvalue weighted by atomic mass is 35.5. The molecule has 2 aromatic carbocycles. The van der Waals surface area contributed by atoms with Crippen LogP contribution in [0.3, 0.4) is 0 Å². The third kappa shape index (κ3) is 4.53. The molecule has 1 fully saturated rings. The number of aromatic nitrogens is 1. The second-order valence-corrected chi connectivity index (χ2v) is 7.88. The lowest BCUT2D eigenvalue weighted by Crippen LogP contribution is -2.14. The van der Waals surface area contributed by atoms with Gasteiger partial charge in [-0.15, -0.1) is 0 Å². The Labute approximate surface area is 184 Å². The Morgan fingerprint density at radius 3 is 2.80 bits per heavy atom. The molecular weight excluding hydrogens is 423 g/mol. The van der Waals surface area contributed by atoms with Gasteiger partial charge >= 0.3 is 0 Å². The number of carbonyl (C=O) groups excluding carboxylic acids is 1. The molecule has 2 atom stereocenters. The first kappa shape index (κ1) is 20.5. The highest BCUT2D eigenvalue weighted by Gasteiger charge is 2.45. The zero-order chi connectivity index (χ0) is 21.1. The summed E-state index contributed by atoms with van der Waals surface area (Å²) in [5, 5.41) is 3.99. The van der Waals surface area contributed by atoms with E-state index in [9.17, 15) is 4.79 Å². The van der Waals surface area contributed by atoms with E-state index in [2.05, 4.69) is 10.3 Å². The van der Waals surface area contributed by atoms with Crippen LogP contribution in [-0.2, 0) is 11.4 Å². The molecule has 1 aliphatic rings. The van der Waals surface area contributed by atoms with Crippen LogP contribution in [0.2, 0.25) is 10.0 Å². The molecule has 0 aliphatic heterocycles. The molecule has 0 radical (unpaired) electrons. The van der Waals surface area contributed by atoms with Gasteiger partial charge in [-0.05, 0) is 42.2 Å². The average Bonchev–Trinajstić information content (AvgIpc) is 3.56. The van der Waals surface area contributed by atoms with Gasteiger partial charge in [-0.3, -0.25) is 9.78 Å². The predicted octanol–water partition coefficient (Wildman–Crippen LogP) is 5.72. The highest BCUT2D eigenvalue weighted by molar-refractivity contribution is 6.42. The SMILES string of the molecule is COc1ccc(NC(=O)C2CC2c2cccc(Cl)c2Cl)cc1OCc1cccnc1. The van der Waals surface area contributed by atoms with Gasteiger partial charge in [0.15, 0.2) is 11.5 Å². The third-order valence-electron chi connectivity index (χ3n) is 5.06. The van der Waals surface area contributed by atoms with E-state index in [1.54, 1.807) is 43.8 Å². The fraction of sp³-hybridized carbons (Fsp3) is 0.217. The van der Waals surface area contributed by atoms with Crippen molar-refractivity contribution in [2.75, 3.05) is 12.4 Å². The van der Waals surface area contributed by atoms with Gasteiger partial charge < -0.3 is 14.8 Å². The first-order valence-corrected chi connectivity index (χ1v) is 10.3. The minimum atomic E-state index is -0.136. The molecule has 1 N–H and O–H groups in total. The monoisotopic (exact) mass is 442 g/mol. The Hall–Kier alpha value is -2.76. The van der Waals surface area contributed by atoms with Crippen LogP contribution in [0.5, 0.6) is 11.5 Å². The second-order valence-electron chi connectivity index (χ2n) is 7.10. The van der Waals surface area contributed by atoms with Crippen molar-refractivity contribution in [2.45, 2.75) is 18.9 Å². The largest absolute Gasteiger partial charge is 0.493 e. The summed E-state index contributed by atoms with van der Waals surface area (Å²) in [4.78, 5) is 16.8. The molecule has 1 saturated carbocycles. The van der Waals surface area contributed by atoms with Gasteiger partial charge in [0.2, 0.25) is 5.91 Å². The molecule has 7 heteroatoms. The summed E-state index contributed by atoms with van der Waals surface area (Å²) in [6.07, 6.45) is 4.20. The number of amides is 1. The first-order valence-electron chi connectivity index (χ1n) is 9.51. The molecule has 30 heavy (non-hydrogen) atoms. The number of halogens is 2. The second kappa shape index (κ2) is 8.94. The van der Waals surface area contributed by atoms with Crippen molar-refractivity contribution < 1.29 is 14.3 Å². The molecular formula is C23H20Cl2N2O3. The normalized spacial score (nSPS) is 17.3. The fourth-order valence-electron chi connectivity index (χ4n) is 3.38. The zero-order valence-electron chi connectivity index (χ0n) is 16.3. The summed E-state index contributed by atoms with van der Waals surface area (Å²) in [6.45, 7) is 0.347. The number of nitrogens with one attached hydrogen (secondary N) is 1. The van der Waals surface area contributed by atoms with Crippen LogP contribution in [0.4, 0.5) is 5.69 Å². The maximum Gasteiger partial charge on any atom is 0.228 e. The zero-order valence-corrected chi connectivity index (χ0v) is 17.8. The quantitative estimate of drug-likeness (QED) is 0.508. The molecule has 1 aromatic heterocycles. The summed E-state index contributed by atoms with van der Waals surface area (Å²) in [5.74, 6) is 1.02. The number of hydrogen-bond acceptors (Lipinski definition) is 4. The van der Waals surface area contributed by atoms with Crippen LogP contribution in [0, 0.1) is 5.92 Å². The average molecular weight is 443 g/mol. The van der Waals surface area contributed by atoms with E-state index >= 15 is 0 Å². The number of ether oxygens (including phenoxy) is 2. The van der Waals surface area contributed by atoms with Gasteiger partial charge in [0.1, 0.15) is 6.61 Å². The fourth-order valence-corrected chi connectivity index (χ4v) is 3.83. The number of pyridine rings is 1. The lowest BCUT2D eigenvalue weighted by molar-refractivity contribution is -0.117. The summed E-state index contributed by atoms with van der Waals surface area (Å²) in [6, 6.07) is 14.6. The molecule has 1 aliphatic carbocycles. The van der Waals surface area contributed by atoms with Crippen molar-refractivity contribution in [3.05, 3.63) is 82.1 Å². The summed E-state index contributed by atoms with van der Waals surface area (Å²) in [7, 11) is 1.58. The topological polar surface area (TPSA) is 60.5 Å². The van der Waals surface area contributed by atoms with Crippen LogP contribution in [-0.4, -0.2) is 18.0 Å². The van der Waals surface area contributed by atoms with Gasteiger partial charge in [0.25, 0.3) is 0 Å². The number of hydrogen-bond donors (Lipinski definition) is 1. The Morgan fingerprint density at radius 1 is 1.17 bits per heavy atom. The Morgan fingerprint density at radius 2 is 2.03 bits per heavy atom. The number of methoxy groups -OCH3 is 1. The summed E-state index contributed by atoms with van der Waals surface area (Å²) >= 11 is 12.4. The standard InChI is InChI=1S/C23H20Cl2N2O3/c1-29-20-8-7-15(10-21(20)30-13-14-4-3-9-26-12-14)27-23(28)18-11-17(18)16-5-2-6-19(24)22(16)25/h2-10,12,17-18H,11,13H2,1H3,(H,27,28). The number of nitrogens with zero attached hydrogens (tertiary/aromatic N) is 1. The summed E-state index contributed by atoms with van der Waals surface area (Å²) in [5.41, 5.74) is 2.50. The molecule has 4 rings (SSSR count). The maximum atomic E-state index is 12.7. The molecule has 1 heterocycles. The Bertz CT molecular complexity index is 1060. The van der Waals surface area contributed by atoms with Crippen LogP contribution < -0.4 is 14.8 Å². The van der Waals surface area contributed by atoms with Crippen LogP contribution in [0.1, 0.15) is 23.5 Å². The minimum absolute atomic E-state index is 0.0561. The Kier molecular flexibility index (Phi) is 6.11. The molecule has 5 nitrogen and oxygen atoms in total. The van der Waals surface area contributed by atoms with Crippen LogP contribution in [0.25, 0.3) is 0 Å². The number of benzene rings is 2. The number of carbonyl (C=O) groups is 1. The van der Waals surface area contributed by atoms with Crippen molar-refractivity contribution in [1.29, 1.82) is 0 Å². The number of anilines is 1. The van der Waals surface area contributed by atoms with E-state index in [4.69, 9.17) is 32.7 Å². The third-order valence-corrected chi connectivity index (χ3v) is 5.89. The lowest BCUT2D eigenvalue weighted by Gasteiger charge is -2.13. The molecule has 154 valence electrons. The van der Waals surface area contributed by atoms with Crippen LogP contribution in [0.15, 0.2) is 60.9 Å². The minimum Gasteiger partial charge on any atom is -0.493 e. The van der Waals surface area contributed by atoms with E-state index in [-0.39, 0.29) is 17.7 Å². The van der Waals surface area contributed by atoms with Gasteiger partial charge in [-0.1, -0.05) is 41.4 Å². The predicted molar refractivity (Wildman–Crippen MR) is 118 cm³/mol. The maximum absolute atomic E-state index is 12.7. The van der Waals surface area contributed by atoms with E-state index in [0.29, 0.717) is 33.8 Å². The van der Waals surface area contributed by atoms with Gasteiger partial charge in [0.05, 0.1) is 17.2 Å². The van der Waals surface area contributed by atoms with E-state index < -0.39 is 0 Å². The highest BCUT2D eigenvalue weighted by Crippen LogP contribution is 2.51.